The Morgan fingerprint density at radius 1 is 1.28 bits per heavy atom. The van der Waals surface area contributed by atoms with Crippen LogP contribution in [0.25, 0.3) is 5.69 Å². The van der Waals surface area contributed by atoms with Crippen LogP contribution in [0, 0.1) is 19.8 Å². The largest absolute Gasteiger partial charge is 0.339 e. The lowest BCUT2D eigenvalue weighted by Gasteiger charge is -2.21. The Hall–Kier alpha value is -1.85. The van der Waals surface area contributed by atoms with E-state index in [0.717, 1.165) is 35.6 Å². The van der Waals surface area contributed by atoms with Crippen molar-refractivity contribution in [3.8, 4) is 5.69 Å². The number of carbonyl (C=O) groups is 1. The van der Waals surface area contributed by atoms with Gasteiger partial charge in [0.1, 0.15) is 0 Å². The van der Waals surface area contributed by atoms with Gasteiger partial charge in [-0.2, -0.15) is 5.10 Å². The molecule has 136 valence electrons. The summed E-state index contributed by atoms with van der Waals surface area (Å²) in [5.41, 5.74) is 9.79. The van der Waals surface area contributed by atoms with Crippen LogP contribution in [0.2, 0.25) is 0 Å². The molecule has 2 unspecified atom stereocenters. The molecule has 1 aliphatic heterocycles. The normalized spacial score (nSPS) is 19.8. The van der Waals surface area contributed by atoms with Crippen LogP contribution >= 0.6 is 12.4 Å². The fraction of sp³-hybridized carbons (Fsp3) is 0.474. The molecule has 1 aliphatic rings. The average Bonchev–Trinajstić information content (AvgIpc) is 3.10. The van der Waals surface area contributed by atoms with Gasteiger partial charge >= 0.3 is 0 Å². The molecule has 5 nitrogen and oxygen atoms in total. The van der Waals surface area contributed by atoms with E-state index in [-0.39, 0.29) is 24.4 Å². The first-order valence-corrected chi connectivity index (χ1v) is 8.61. The highest BCUT2D eigenvalue weighted by molar-refractivity contribution is 5.85. The number of hydrogen-bond acceptors (Lipinski definition) is 3. The highest BCUT2D eigenvalue weighted by Gasteiger charge is 2.32. The molecule has 2 heterocycles. The molecule has 2 aromatic rings. The third kappa shape index (κ3) is 3.88. The minimum atomic E-state index is 0. The smallest absolute Gasteiger partial charge is 0.227 e. The lowest BCUT2D eigenvalue weighted by molar-refractivity contribution is -0.131. The van der Waals surface area contributed by atoms with Crippen molar-refractivity contribution >= 4 is 18.3 Å². The van der Waals surface area contributed by atoms with E-state index in [2.05, 4.69) is 12.0 Å². The maximum atomic E-state index is 12.8. The van der Waals surface area contributed by atoms with Crippen molar-refractivity contribution in [1.82, 2.24) is 14.7 Å². The molecule has 0 spiro atoms. The van der Waals surface area contributed by atoms with E-state index in [1.165, 1.54) is 0 Å². The van der Waals surface area contributed by atoms with Gasteiger partial charge in [-0.05, 0) is 51.8 Å². The van der Waals surface area contributed by atoms with Crippen LogP contribution in [0.1, 0.15) is 30.3 Å². The molecule has 1 amide bonds. The summed E-state index contributed by atoms with van der Waals surface area (Å²) in [5, 5.41) is 4.64. The Balaban J connectivity index is 0.00000225. The topological polar surface area (TPSA) is 64.2 Å². The van der Waals surface area contributed by atoms with Crippen molar-refractivity contribution in [2.75, 3.05) is 13.1 Å². The van der Waals surface area contributed by atoms with Crippen molar-refractivity contribution in [3.63, 3.8) is 0 Å². The molecule has 0 bridgehead atoms. The number of halogens is 1. The third-order valence-corrected chi connectivity index (χ3v) is 5.09. The molecular weight excluding hydrogens is 336 g/mol. The summed E-state index contributed by atoms with van der Waals surface area (Å²) in [6.07, 6.45) is 1.41. The molecule has 0 aliphatic carbocycles. The van der Waals surface area contributed by atoms with Crippen molar-refractivity contribution < 1.29 is 4.79 Å². The predicted molar refractivity (Wildman–Crippen MR) is 102 cm³/mol. The van der Waals surface area contributed by atoms with Gasteiger partial charge in [-0.25, -0.2) is 4.68 Å². The summed E-state index contributed by atoms with van der Waals surface area (Å²) in [5.74, 6) is 0.607. The van der Waals surface area contributed by atoms with Gasteiger partial charge in [0.2, 0.25) is 5.91 Å². The first kappa shape index (κ1) is 19.5. The van der Waals surface area contributed by atoms with Crippen LogP contribution in [-0.2, 0) is 11.2 Å². The molecule has 1 fully saturated rings. The zero-order valence-electron chi connectivity index (χ0n) is 15.1. The number of para-hydroxylation sites is 1. The van der Waals surface area contributed by atoms with E-state index in [1.54, 1.807) is 0 Å². The highest BCUT2D eigenvalue weighted by Crippen LogP contribution is 2.25. The van der Waals surface area contributed by atoms with E-state index in [1.807, 2.05) is 53.8 Å². The standard InChI is InChI=1S/C19H26N4O.ClH/c1-13-9-16(11-20)12-22(13)19(24)10-18-14(2)21-23(15(18)3)17-7-5-4-6-8-17;/h4-8,13,16H,9-12,20H2,1-3H3;1H. The first-order valence-electron chi connectivity index (χ1n) is 8.61. The lowest BCUT2D eigenvalue weighted by Crippen LogP contribution is -2.35. The summed E-state index contributed by atoms with van der Waals surface area (Å²) < 4.78 is 1.92. The number of rotatable bonds is 4. The fourth-order valence-corrected chi connectivity index (χ4v) is 3.66. The average molecular weight is 363 g/mol. The van der Waals surface area contributed by atoms with Crippen LogP contribution in [0.15, 0.2) is 30.3 Å². The Kier molecular flexibility index (Phi) is 6.25. The SMILES string of the molecule is Cc1nn(-c2ccccc2)c(C)c1CC(=O)N1CC(CN)CC1C.Cl. The molecule has 0 radical (unpaired) electrons. The van der Waals surface area contributed by atoms with Crippen LogP contribution in [0.4, 0.5) is 0 Å². The summed E-state index contributed by atoms with van der Waals surface area (Å²) in [7, 11) is 0. The fourth-order valence-electron chi connectivity index (χ4n) is 3.66. The minimum absolute atomic E-state index is 0. The third-order valence-electron chi connectivity index (χ3n) is 5.09. The molecule has 6 heteroatoms. The molecule has 1 aromatic carbocycles. The van der Waals surface area contributed by atoms with Crippen LogP contribution in [0.5, 0.6) is 0 Å². The van der Waals surface area contributed by atoms with Gasteiger partial charge in [0.25, 0.3) is 0 Å². The Morgan fingerprint density at radius 2 is 1.96 bits per heavy atom. The van der Waals surface area contributed by atoms with Gasteiger partial charge < -0.3 is 10.6 Å². The van der Waals surface area contributed by atoms with Gasteiger partial charge in [0.05, 0.1) is 17.8 Å². The number of amides is 1. The summed E-state index contributed by atoms with van der Waals surface area (Å²) in [6, 6.07) is 10.3. The van der Waals surface area contributed by atoms with Crippen molar-refractivity contribution in [2.24, 2.45) is 11.7 Å². The van der Waals surface area contributed by atoms with Crippen LogP contribution < -0.4 is 5.73 Å². The van der Waals surface area contributed by atoms with E-state index < -0.39 is 0 Å². The van der Waals surface area contributed by atoms with Gasteiger partial charge in [-0.3, -0.25) is 4.79 Å². The number of aryl methyl sites for hydroxylation is 1. The Labute approximate surface area is 155 Å². The second kappa shape index (κ2) is 8.02. The molecule has 0 saturated carbocycles. The second-order valence-corrected chi connectivity index (χ2v) is 6.81. The number of benzene rings is 1. The maximum absolute atomic E-state index is 12.8. The van der Waals surface area contributed by atoms with Gasteiger partial charge in [0, 0.05) is 23.8 Å². The maximum Gasteiger partial charge on any atom is 0.227 e. The number of nitrogens with two attached hydrogens (primary N) is 1. The number of likely N-dealkylation sites (tertiary alicyclic amines) is 1. The monoisotopic (exact) mass is 362 g/mol. The van der Waals surface area contributed by atoms with E-state index in [4.69, 9.17) is 5.73 Å². The first-order chi connectivity index (χ1) is 11.5. The summed E-state index contributed by atoms with van der Waals surface area (Å²) in [6.45, 7) is 7.55. The van der Waals surface area contributed by atoms with E-state index >= 15 is 0 Å². The Bertz CT molecular complexity index is 729. The van der Waals surface area contributed by atoms with Gasteiger partial charge in [0.15, 0.2) is 0 Å². The molecule has 2 N–H and O–H groups in total. The zero-order chi connectivity index (χ0) is 17.3. The quantitative estimate of drug-likeness (QED) is 0.909. The number of nitrogens with zero attached hydrogens (tertiary/aromatic N) is 3. The number of aromatic nitrogens is 2. The van der Waals surface area contributed by atoms with Crippen molar-refractivity contribution in [1.29, 1.82) is 0 Å². The predicted octanol–water partition coefficient (Wildman–Crippen LogP) is 2.65. The molecule has 1 saturated heterocycles. The highest BCUT2D eigenvalue weighted by atomic mass is 35.5. The van der Waals surface area contributed by atoms with Crippen LogP contribution in [0.3, 0.4) is 0 Å². The Morgan fingerprint density at radius 3 is 2.56 bits per heavy atom. The summed E-state index contributed by atoms with van der Waals surface area (Å²) >= 11 is 0. The zero-order valence-corrected chi connectivity index (χ0v) is 15.9. The van der Waals surface area contributed by atoms with Crippen molar-refractivity contribution in [2.45, 2.75) is 39.7 Å². The van der Waals surface area contributed by atoms with Gasteiger partial charge in [-0.15, -0.1) is 12.4 Å². The molecule has 25 heavy (non-hydrogen) atoms. The molecule has 2 atom stereocenters. The minimum Gasteiger partial charge on any atom is -0.339 e. The van der Waals surface area contributed by atoms with Gasteiger partial charge in [-0.1, -0.05) is 18.2 Å². The lowest BCUT2D eigenvalue weighted by atomic mass is 10.1. The molecular formula is C19H27ClN4O. The molecule has 1 aromatic heterocycles. The molecule has 3 rings (SSSR count). The number of carbonyl (C=O) groups excluding carboxylic acids is 1. The van der Waals surface area contributed by atoms with E-state index in [0.29, 0.717) is 18.9 Å². The number of hydrogen-bond donors (Lipinski definition) is 1. The van der Waals surface area contributed by atoms with Crippen LogP contribution in [-0.4, -0.2) is 39.7 Å². The van der Waals surface area contributed by atoms with Crippen molar-refractivity contribution in [3.05, 3.63) is 47.3 Å². The summed E-state index contributed by atoms with van der Waals surface area (Å²) in [4.78, 5) is 14.8. The van der Waals surface area contributed by atoms with E-state index in [9.17, 15) is 4.79 Å². The second-order valence-electron chi connectivity index (χ2n) is 6.81.